The number of halogens is 1. The molecule has 2 atom stereocenters. The van der Waals surface area contributed by atoms with E-state index in [1.165, 1.54) is 6.07 Å². The van der Waals surface area contributed by atoms with Gasteiger partial charge in [0.2, 0.25) is 0 Å². The molecule has 1 aromatic rings. The van der Waals surface area contributed by atoms with Gasteiger partial charge in [0.1, 0.15) is 5.82 Å². The standard InChI is InChI=1S/C16H25FN2O2/c1-12(20)14-6-8-19(11-14)16-13(4-3-5-15(16)17)10-18-7-9-21-2/h3-5,12,14,18,20H,6-11H2,1-2H3. The second kappa shape index (κ2) is 7.73. The first-order chi connectivity index (χ1) is 10.1. The number of para-hydroxylation sites is 1. The minimum absolute atomic E-state index is 0.188. The van der Waals surface area contributed by atoms with E-state index in [2.05, 4.69) is 10.2 Å². The number of hydrogen-bond acceptors (Lipinski definition) is 4. The molecule has 2 unspecified atom stereocenters. The molecule has 1 fully saturated rings. The Balaban J connectivity index is 2.07. The van der Waals surface area contributed by atoms with Gasteiger partial charge in [-0.1, -0.05) is 12.1 Å². The third-order valence-electron chi connectivity index (χ3n) is 4.09. The van der Waals surface area contributed by atoms with Crippen molar-refractivity contribution in [1.29, 1.82) is 0 Å². The van der Waals surface area contributed by atoms with E-state index in [4.69, 9.17) is 4.74 Å². The van der Waals surface area contributed by atoms with Crippen LogP contribution < -0.4 is 10.2 Å². The van der Waals surface area contributed by atoms with Crippen LogP contribution >= 0.6 is 0 Å². The molecule has 0 spiro atoms. The van der Waals surface area contributed by atoms with Gasteiger partial charge in [-0.05, 0) is 25.0 Å². The fourth-order valence-corrected chi connectivity index (χ4v) is 2.84. The van der Waals surface area contributed by atoms with Crippen molar-refractivity contribution in [1.82, 2.24) is 5.32 Å². The smallest absolute Gasteiger partial charge is 0.146 e. The van der Waals surface area contributed by atoms with Gasteiger partial charge in [-0.2, -0.15) is 0 Å². The molecule has 21 heavy (non-hydrogen) atoms. The van der Waals surface area contributed by atoms with Crippen molar-refractivity contribution >= 4 is 5.69 Å². The van der Waals surface area contributed by atoms with Crippen molar-refractivity contribution in [3.05, 3.63) is 29.6 Å². The van der Waals surface area contributed by atoms with Crippen LogP contribution in [0.1, 0.15) is 18.9 Å². The van der Waals surface area contributed by atoms with Crippen molar-refractivity contribution < 1.29 is 14.2 Å². The van der Waals surface area contributed by atoms with Crippen LogP contribution in [-0.4, -0.2) is 44.6 Å². The van der Waals surface area contributed by atoms with Crippen LogP contribution in [0.4, 0.5) is 10.1 Å². The van der Waals surface area contributed by atoms with Gasteiger partial charge in [0.25, 0.3) is 0 Å². The van der Waals surface area contributed by atoms with Crippen molar-refractivity contribution in [3.8, 4) is 0 Å². The third-order valence-corrected chi connectivity index (χ3v) is 4.09. The van der Waals surface area contributed by atoms with Gasteiger partial charge in [0, 0.05) is 39.2 Å². The molecule has 2 rings (SSSR count). The van der Waals surface area contributed by atoms with Gasteiger partial charge < -0.3 is 20.1 Å². The van der Waals surface area contributed by atoms with Gasteiger partial charge in [-0.25, -0.2) is 4.39 Å². The molecule has 1 aliphatic rings. The van der Waals surface area contributed by atoms with Crippen LogP contribution in [0.3, 0.4) is 0 Å². The monoisotopic (exact) mass is 296 g/mol. The fraction of sp³-hybridized carbons (Fsp3) is 0.625. The van der Waals surface area contributed by atoms with Crippen molar-refractivity contribution in [2.24, 2.45) is 5.92 Å². The van der Waals surface area contributed by atoms with E-state index in [0.29, 0.717) is 25.4 Å². The van der Waals surface area contributed by atoms with Crippen LogP contribution in [-0.2, 0) is 11.3 Å². The Labute approximate surface area is 125 Å². The number of nitrogens with one attached hydrogen (secondary N) is 1. The highest BCUT2D eigenvalue weighted by Crippen LogP contribution is 2.30. The average Bonchev–Trinajstić information content (AvgIpc) is 2.93. The predicted molar refractivity (Wildman–Crippen MR) is 82.0 cm³/mol. The third kappa shape index (κ3) is 4.15. The lowest BCUT2D eigenvalue weighted by Gasteiger charge is -2.23. The Morgan fingerprint density at radius 1 is 1.52 bits per heavy atom. The zero-order valence-electron chi connectivity index (χ0n) is 12.8. The molecule has 1 heterocycles. The summed E-state index contributed by atoms with van der Waals surface area (Å²) >= 11 is 0. The molecule has 1 saturated heterocycles. The molecule has 0 saturated carbocycles. The van der Waals surface area contributed by atoms with E-state index >= 15 is 0 Å². The quantitative estimate of drug-likeness (QED) is 0.753. The summed E-state index contributed by atoms with van der Waals surface area (Å²) in [6.07, 6.45) is 0.563. The summed E-state index contributed by atoms with van der Waals surface area (Å²) < 4.78 is 19.2. The zero-order chi connectivity index (χ0) is 15.2. The van der Waals surface area contributed by atoms with Crippen molar-refractivity contribution in [2.45, 2.75) is 26.0 Å². The van der Waals surface area contributed by atoms with E-state index < -0.39 is 0 Å². The SMILES string of the molecule is COCCNCc1cccc(F)c1N1CCC(C(C)O)C1. The van der Waals surface area contributed by atoms with Gasteiger partial charge in [0.15, 0.2) is 0 Å². The maximum absolute atomic E-state index is 14.2. The summed E-state index contributed by atoms with van der Waals surface area (Å²) in [5.41, 5.74) is 1.63. The van der Waals surface area contributed by atoms with Crippen molar-refractivity contribution in [2.75, 3.05) is 38.3 Å². The topological polar surface area (TPSA) is 44.7 Å². The number of anilines is 1. The number of methoxy groups -OCH3 is 1. The first-order valence-electron chi connectivity index (χ1n) is 7.53. The second-order valence-corrected chi connectivity index (χ2v) is 5.65. The number of hydrogen-bond donors (Lipinski definition) is 2. The maximum atomic E-state index is 14.2. The molecule has 2 N–H and O–H groups in total. The van der Waals surface area contributed by atoms with E-state index in [1.807, 2.05) is 13.0 Å². The lowest BCUT2D eigenvalue weighted by molar-refractivity contribution is 0.136. The molecule has 118 valence electrons. The Bertz CT molecular complexity index is 454. The van der Waals surface area contributed by atoms with Gasteiger partial charge in [-0.15, -0.1) is 0 Å². The molecule has 4 nitrogen and oxygen atoms in total. The summed E-state index contributed by atoms with van der Waals surface area (Å²) in [6.45, 7) is 5.31. The minimum Gasteiger partial charge on any atom is -0.393 e. The summed E-state index contributed by atoms with van der Waals surface area (Å²) in [7, 11) is 1.66. The first kappa shape index (κ1) is 16.2. The molecule has 0 radical (unpaired) electrons. The van der Waals surface area contributed by atoms with Gasteiger partial charge >= 0.3 is 0 Å². The normalized spacial score (nSPS) is 20.0. The molecule has 0 aromatic heterocycles. The van der Waals surface area contributed by atoms with E-state index in [0.717, 1.165) is 25.1 Å². The van der Waals surface area contributed by atoms with Crippen LogP contribution in [0.15, 0.2) is 18.2 Å². The van der Waals surface area contributed by atoms with E-state index in [1.54, 1.807) is 13.2 Å². The summed E-state index contributed by atoms with van der Waals surface area (Å²) in [4.78, 5) is 2.06. The zero-order valence-corrected chi connectivity index (χ0v) is 12.8. The molecular formula is C16H25FN2O2. The minimum atomic E-state index is -0.343. The molecule has 0 amide bonds. The van der Waals surface area contributed by atoms with Crippen molar-refractivity contribution in [3.63, 3.8) is 0 Å². The summed E-state index contributed by atoms with van der Waals surface area (Å²) in [5.74, 6) is 0.0335. The molecule has 0 aliphatic carbocycles. The number of aliphatic hydroxyl groups is 1. The maximum Gasteiger partial charge on any atom is 0.146 e. The average molecular weight is 296 g/mol. The number of rotatable bonds is 7. The number of aliphatic hydroxyl groups excluding tert-OH is 1. The Morgan fingerprint density at radius 2 is 2.33 bits per heavy atom. The summed E-state index contributed by atoms with van der Waals surface area (Å²) in [5, 5.41) is 13.0. The van der Waals surface area contributed by atoms with E-state index in [-0.39, 0.29) is 17.8 Å². The number of benzene rings is 1. The highest BCUT2D eigenvalue weighted by Gasteiger charge is 2.28. The van der Waals surface area contributed by atoms with Crippen LogP contribution in [0.5, 0.6) is 0 Å². The Kier molecular flexibility index (Phi) is 5.96. The molecule has 1 aromatic carbocycles. The lowest BCUT2D eigenvalue weighted by Crippen LogP contribution is -2.27. The molecule has 0 bridgehead atoms. The van der Waals surface area contributed by atoms with Gasteiger partial charge in [0.05, 0.1) is 18.4 Å². The largest absolute Gasteiger partial charge is 0.393 e. The number of ether oxygens (including phenoxy) is 1. The Hall–Kier alpha value is -1.17. The summed E-state index contributed by atoms with van der Waals surface area (Å²) in [6, 6.07) is 5.20. The number of nitrogens with zero attached hydrogens (tertiary/aromatic N) is 1. The van der Waals surface area contributed by atoms with Crippen LogP contribution in [0.2, 0.25) is 0 Å². The highest BCUT2D eigenvalue weighted by atomic mass is 19.1. The fourth-order valence-electron chi connectivity index (χ4n) is 2.84. The van der Waals surface area contributed by atoms with Gasteiger partial charge in [-0.3, -0.25) is 0 Å². The predicted octanol–water partition coefficient (Wildman–Crippen LogP) is 1.77. The van der Waals surface area contributed by atoms with E-state index in [9.17, 15) is 9.50 Å². The molecule has 5 heteroatoms. The second-order valence-electron chi connectivity index (χ2n) is 5.65. The molecular weight excluding hydrogens is 271 g/mol. The van der Waals surface area contributed by atoms with Crippen LogP contribution in [0, 0.1) is 11.7 Å². The molecule has 1 aliphatic heterocycles. The first-order valence-corrected chi connectivity index (χ1v) is 7.53. The van der Waals surface area contributed by atoms with Crippen LogP contribution in [0.25, 0.3) is 0 Å². The Morgan fingerprint density at radius 3 is 3.00 bits per heavy atom. The highest BCUT2D eigenvalue weighted by molar-refractivity contribution is 5.55. The lowest BCUT2D eigenvalue weighted by atomic mass is 10.0.